The molecule has 17 heavy (non-hydrogen) atoms. The Balaban J connectivity index is 3.27. The maximum absolute atomic E-state index is 2.41. The summed E-state index contributed by atoms with van der Waals surface area (Å²) >= 11 is 0. The van der Waals surface area contributed by atoms with Crippen LogP contribution in [0.15, 0.2) is 11.1 Å². The van der Waals surface area contributed by atoms with Crippen LogP contribution in [0.3, 0.4) is 0 Å². The molecule has 0 heteroatoms. The highest BCUT2D eigenvalue weighted by molar-refractivity contribution is 5.27. The van der Waals surface area contributed by atoms with Crippen molar-refractivity contribution in [1.82, 2.24) is 0 Å². The molecule has 0 fully saturated rings. The molecule has 1 unspecified atom stereocenters. The van der Waals surface area contributed by atoms with Crippen molar-refractivity contribution in [1.29, 1.82) is 0 Å². The van der Waals surface area contributed by atoms with Crippen LogP contribution in [-0.4, -0.2) is 0 Å². The van der Waals surface area contributed by atoms with E-state index in [1.165, 1.54) is 19.3 Å². The molecule has 0 saturated carbocycles. The average molecular weight is 236 g/mol. The van der Waals surface area contributed by atoms with Crippen LogP contribution in [0.2, 0.25) is 0 Å². The minimum absolute atomic E-state index is 0.351. The Morgan fingerprint density at radius 1 is 1.00 bits per heavy atom. The van der Waals surface area contributed by atoms with Crippen molar-refractivity contribution in [3.63, 3.8) is 0 Å². The van der Waals surface area contributed by atoms with Gasteiger partial charge in [0, 0.05) is 0 Å². The van der Waals surface area contributed by atoms with E-state index < -0.39 is 0 Å². The van der Waals surface area contributed by atoms with Crippen LogP contribution < -0.4 is 0 Å². The topological polar surface area (TPSA) is 0 Å². The summed E-state index contributed by atoms with van der Waals surface area (Å²) in [4.78, 5) is 0. The molecule has 0 aromatic carbocycles. The number of rotatable bonds is 1. The monoisotopic (exact) mass is 236 g/mol. The SMILES string of the molecule is CC(C)C1=C(C(C)(C)C)CCCC1C(C)(C)C. The Morgan fingerprint density at radius 3 is 1.88 bits per heavy atom. The zero-order chi connectivity index (χ0) is 13.4. The van der Waals surface area contributed by atoms with Gasteiger partial charge in [0.05, 0.1) is 0 Å². The first-order chi connectivity index (χ1) is 7.55. The third kappa shape index (κ3) is 3.36. The predicted molar refractivity (Wildman–Crippen MR) is 78.1 cm³/mol. The van der Waals surface area contributed by atoms with Gasteiger partial charge in [0.1, 0.15) is 0 Å². The second kappa shape index (κ2) is 4.78. The van der Waals surface area contributed by atoms with Crippen LogP contribution in [-0.2, 0) is 0 Å². The van der Waals surface area contributed by atoms with Crippen molar-refractivity contribution in [2.75, 3.05) is 0 Å². The van der Waals surface area contributed by atoms with E-state index in [1.54, 1.807) is 11.1 Å². The maximum atomic E-state index is 2.41. The molecule has 1 aliphatic carbocycles. The minimum Gasteiger partial charge on any atom is -0.0651 e. The molecule has 100 valence electrons. The first kappa shape index (κ1) is 14.8. The largest absolute Gasteiger partial charge is 0.0651 e. The standard InChI is InChI=1S/C17H32/c1-12(2)15-13(16(3,4)5)10-9-11-14(15)17(6,7)8/h12-13H,9-11H2,1-8H3. The summed E-state index contributed by atoms with van der Waals surface area (Å²) in [6.07, 6.45) is 4.09. The van der Waals surface area contributed by atoms with Crippen molar-refractivity contribution >= 4 is 0 Å². The molecule has 0 amide bonds. The van der Waals surface area contributed by atoms with Gasteiger partial charge < -0.3 is 0 Å². The molecule has 0 aliphatic heterocycles. The molecule has 0 N–H and O–H groups in total. The Labute approximate surface area is 109 Å². The normalized spacial score (nSPS) is 23.5. The molecular formula is C17H32. The molecule has 0 saturated heterocycles. The molecular weight excluding hydrogens is 204 g/mol. The van der Waals surface area contributed by atoms with Gasteiger partial charge in [0.2, 0.25) is 0 Å². The fourth-order valence-electron chi connectivity index (χ4n) is 3.45. The van der Waals surface area contributed by atoms with E-state index in [0.29, 0.717) is 16.7 Å². The van der Waals surface area contributed by atoms with E-state index in [9.17, 15) is 0 Å². The van der Waals surface area contributed by atoms with Gasteiger partial charge in [-0.3, -0.25) is 0 Å². The fraction of sp³-hybridized carbons (Fsp3) is 0.882. The van der Waals surface area contributed by atoms with E-state index in [0.717, 1.165) is 5.92 Å². The highest BCUT2D eigenvalue weighted by Crippen LogP contribution is 2.48. The van der Waals surface area contributed by atoms with Gasteiger partial charge in [-0.2, -0.15) is 0 Å². The Morgan fingerprint density at radius 2 is 1.53 bits per heavy atom. The van der Waals surface area contributed by atoms with Gasteiger partial charge in [0.25, 0.3) is 0 Å². The molecule has 1 aliphatic rings. The average Bonchev–Trinajstić information content (AvgIpc) is 2.13. The molecule has 1 rings (SSSR count). The van der Waals surface area contributed by atoms with Gasteiger partial charge >= 0.3 is 0 Å². The molecule has 0 radical (unpaired) electrons. The summed E-state index contributed by atoms with van der Waals surface area (Å²) in [7, 11) is 0. The lowest BCUT2D eigenvalue weighted by Crippen LogP contribution is -2.31. The molecule has 1 atom stereocenters. The lowest BCUT2D eigenvalue weighted by molar-refractivity contribution is 0.224. The first-order valence-electron chi connectivity index (χ1n) is 7.28. The van der Waals surface area contributed by atoms with Gasteiger partial charge in [-0.15, -0.1) is 0 Å². The van der Waals surface area contributed by atoms with Crippen molar-refractivity contribution < 1.29 is 0 Å². The Kier molecular flexibility index (Phi) is 4.16. The van der Waals surface area contributed by atoms with Crippen LogP contribution in [0, 0.1) is 22.7 Å². The van der Waals surface area contributed by atoms with Crippen molar-refractivity contribution in [2.24, 2.45) is 22.7 Å². The molecule has 0 heterocycles. The van der Waals surface area contributed by atoms with Crippen molar-refractivity contribution in [3.8, 4) is 0 Å². The van der Waals surface area contributed by atoms with Crippen molar-refractivity contribution in [3.05, 3.63) is 11.1 Å². The van der Waals surface area contributed by atoms with Crippen LogP contribution in [0.5, 0.6) is 0 Å². The van der Waals surface area contributed by atoms with E-state index in [-0.39, 0.29) is 0 Å². The second-order valence-corrected chi connectivity index (χ2v) is 8.15. The van der Waals surface area contributed by atoms with E-state index in [2.05, 4.69) is 55.4 Å². The lowest BCUT2D eigenvalue weighted by atomic mass is 9.63. The Hall–Kier alpha value is -0.260. The quantitative estimate of drug-likeness (QED) is 0.502. The van der Waals surface area contributed by atoms with E-state index >= 15 is 0 Å². The lowest BCUT2D eigenvalue weighted by Gasteiger charge is -2.43. The van der Waals surface area contributed by atoms with Gasteiger partial charge in [0.15, 0.2) is 0 Å². The number of allylic oxidation sites excluding steroid dienone is 2. The second-order valence-electron chi connectivity index (χ2n) is 8.15. The summed E-state index contributed by atoms with van der Waals surface area (Å²) in [5, 5.41) is 0. The maximum Gasteiger partial charge on any atom is -0.0149 e. The molecule has 0 aromatic rings. The molecule has 0 spiro atoms. The summed E-state index contributed by atoms with van der Waals surface area (Å²) in [5.74, 6) is 1.49. The van der Waals surface area contributed by atoms with E-state index in [4.69, 9.17) is 0 Å². The van der Waals surface area contributed by atoms with Crippen LogP contribution in [0.1, 0.15) is 74.7 Å². The fourth-order valence-corrected chi connectivity index (χ4v) is 3.45. The third-order valence-corrected chi connectivity index (χ3v) is 4.22. The molecule has 0 bridgehead atoms. The van der Waals surface area contributed by atoms with Crippen LogP contribution in [0.4, 0.5) is 0 Å². The third-order valence-electron chi connectivity index (χ3n) is 4.22. The first-order valence-corrected chi connectivity index (χ1v) is 7.28. The summed E-state index contributed by atoms with van der Waals surface area (Å²) in [5.41, 5.74) is 4.29. The number of hydrogen-bond donors (Lipinski definition) is 0. The highest BCUT2D eigenvalue weighted by Gasteiger charge is 2.36. The highest BCUT2D eigenvalue weighted by atomic mass is 14.4. The van der Waals surface area contributed by atoms with Crippen molar-refractivity contribution in [2.45, 2.75) is 74.7 Å². The zero-order valence-corrected chi connectivity index (χ0v) is 13.3. The summed E-state index contributed by atoms with van der Waals surface area (Å²) in [6.45, 7) is 19.1. The summed E-state index contributed by atoms with van der Waals surface area (Å²) in [6, 6.07) is 0. The van der Waals surface area contributed by atoms with Gasteiger partial charge in [-0.05, 0) is 41.9 Å². The zero-order valence-electron chi connectivity index (χ0n) is 13.3. The smallest absolute Gasteiger partial charge is 0.0149 e. The summed E-state index contributed by atoms with van der Waals surface area (Å²) < 4.78 is 0. The number of hydrogen-bond acceptors (Lipinski definition) is 0. The van der Waals surface area contributed by atoms with Crippen LogP contribution in [0.25, 0.3) is 0 Å². The van der Waals surface area contributed by atoms with Gasteiger partial charge in [-0.25, -0.2) is 0 Å². The minimum atomic E-state index is 0.351. The Bertz CT molecular complexity index is 291. The van der Waals surface area contributed by atoms with E-state index in [1.807, 2.05) is 0 Å². The van der Waals surface area contributed by atoms with Gasteiger partial charge in [-0.1, -0.05) is 66.5 Å². The van der Waals surface area contributed by atoms with Crippen LogP contribution >= 0.6 is 0 Å². The molecule has 0 aromatic heterocycles. The molecule has 0 nitrogen and oxygen atoms in total. The predicted octanol–water partition coefficient (Wildman–Crippen LogP) is 5.83.